The molecule has 1 aliphatic heterocycles. The predicted molar refractivity (Wildman–Crippen MR) is 69.2 cm³/mol. The summed E-state index contributed by atoms with van der Waals surface area (Å²) in [5.74, 6) is -0.831. The molecule has 0 saturated heterocycles. The summed E-state index contributed by atoms with van der Waals surface area (Å²) in [5, 5.41) is 12.7. The van der Waals surface area contributed by atoms with Gasteiger partial charge in [0.2, 0.25) is 0 Å². The molecule has 0 bridgehead atoms. The molecule has 4 nitrogen and oxygen atoms in total. The summed E-state index contributed by atoms with van der Waals surface area (Å²) in [6.45, 7) is 2.18. The minimum Gasteiger partial charge on any atom is -0.481 e. The third-order valence-electron chi connectivity index (χ3n) is 3.81. The second-order valence-electron chi connectivity index (χ2n) is 5.10. The van der Waals surface area contributed by atoms with Gasteiger partial charge in [-0.2, -0.15) is 0 Å². The Bertz CT molecular complexity index is 514. The SMILES string of the molecule is C[C@@H]1CC=CC2=NC3=C(C=CC[C@H]3C(=O)O)N[C@H]21. The molecule has 2 N–H and O–H groups in total. The monoisotopic (exact) mass is 244 g/mol. The highest BCUT2D eigenvalue weighted by molar-refractivity contribution is 6.02. The fourth-order valence-electron chi connectivity index (χ4n) is 2.75. The van der Waals surface area contributed by atoms with Gasteiger partial charge in [-0.15, -0.1) is 0 Å². The van der Waals surface area contributed by atoms with Gasteiger partial charge in [-0.3, -0.25) is 9.79 Å². The quantitative estimate of drug-likeness (QED) is 0.740. The Morgan fingerprint density at radius 1 is 1.39 bits per heavy atom. The van der Waals surface area contributed by atoms with Gasteiger partial charge in [0.1, 0.15) is 5.92 Å². The first-order valence-electron chi connectivity index (χ1n) is 6.32. The Kier molecular flexibility index (Phi) is 2.58. The third kappa shape index (κ3) is 1.68. The average Bonchev–Trinajstić information content (AvgIpc) is 2.36. The molecule has 0 fully saturated rings. The van der Waals surface area contributed by atoms with E-state index >= 15 is 0 Å². The van der Waals surface area contributed by atoms with E-state index in [1.807, 2.05) is 18.2 Å². The van der Waals surface area contributed by atoms with Gasteiger partial charge in [-0.05, 0) is 30.9 Å². The van der Waals surface area contributed by atoms with Crippen LogP contribution in [0.4, 0.5) is 0 Å². The van der Waals surface area contributed by atoms with Crippen LogP contribution in [0.5, 0.6) is 0 Å². The fraction of sp³-hybridized carbons (Fsp3) is 0.429. The van der Waals surface area contributed by atoms with E-state index in [0.717, 1.165) is 17.8 Å². The van der Waals surface area contributed by atoms with Crippen LogP contribution < -0.4 is 5.32 Å². The molecule has 1 heterocycles. The highest BCUT2D eigenvalue weighted by Gasteiger charge is 2.34. The molecule has 3 atom stereocenters. The number of rotatable bonds is 1. The number of allylic oxidation sites excluding steroid dienone is 3. The predicted octanol–water partition coefficient (Wildman–Crippen LogP) is 1.87. The number of hydrogen-bond donors (Lipinski definition) is 2. The van der Waals surface area contributed by atoms with Crippen molar-refractivity contribution in [2.45, 2.75) is 25.8 Å². The number of nitrogens with one attached hydrogen (secondary N) is 1. The molecule has 3 rings (SSSR count). The largest absolute Gasteiger partial charge is 0.481 e. The number of carbonyl (C=O) groups is 1. The van der Waals surface area contributed by atoms with Crippen molar-refractivity contribution in [3.8, 4) is 0 Å². The molecular weight excluding hydrogens is 228 g/mol. The lowest BCUT2D eigenvalue weighted by atomic mass is 9.85. The Balaban J connectivity index is 2.02. The number of fused-ring (bicyclic) bond motifs is 1. The van der Waals surface area contributed by atoms with Gasteiger partial charge in [0.15, 0.2) is 0 Å². The zero-order valence-corrected chi connectivity index (χ0v) is 10.3. The molecule has 0 amide bonds. The first-order valence-corrected chi connectivity index (χ1v) is 6.32. The summed E-state index contributed by atoms with van der Waals surface area (Å²) in [7, 11) is 0. The molecule has 3 aliphatic rings. The van der Waals surface area contributed by atoms with Crippen molar-refractivity contribution in [3.63, 3.8) is 0 Å². The van der Waals surface area contributed by atoms with Gasteiger partial charge in [0.25, 0.3) is 0 Å². The van der Waals surface area contributed by atoms with Crippen LogP contribution in [0.25, 0.3) is 0 Å². The lowest BCUT2D eigenvalue weighted by Crippen LogP contribution is -2.45. The van der Waals surface area contributed by atoms with Gasteiger partial charge in [-0.1, -0.05) is 19.1 Å². The van der Waals surface area contributed by atoms with Crippen molar-refractivity contribution in [1.82, 2.24) is 5.32 Å². The molecule has 4 heteroatoms. The van der Waals surface area contributed by atoms with Crippen molar-refractivity contribution >= 4 is 11.7 Å². The second kappa shape index (κ2) is 4.12. The van der Waals surface area contributed by atoms with E-state index in [4.69, 9.17) is 0 Å². The van der Waals surface area contributed by atoms with Crippen LogP contribution in [0.2, 0.25) is 0 Å². The molecular formula is C14H16N2O2. The van der Waals surface area contributed by atoms with Crippen LogP contribution in [0, 0.1) is 11.8 Å². The minimum absolute atomic E-state index is 0.214. The molecule has 94 valence electrons. The van der Waals surface area contributed by atoms with Crippen molar-refractivity contribution < 1.29 is 9.90 Å². The van der Waals surface area contributed by atoms with Gasteiger partial charge < -0.3 is 10.4 Å². The van der Waals surface area contributed by atoms with E-state index in [1.54, 1.807) is 0 Å². The van der Waals surface area contributed by atoms with E-state index in [2.05, 4.69) is 23.3 Å². The lowest BCUT2D eigenvalue weighted by molar-refractivity contribution is -0.140. The van der Waals surface area contributed by atoms with Crippen LogP contribution >= 0.6 is 0 Å². The van der Waals surface area contributed by atoms with Crippen LogP contribution in [0.15, 0.2) is 40.7 Å². The molecule has 0 unspecified atom stereocenters. The van der Waals surface area contributed by atoms with Crippen molar-refractivity contribution in [2.24, 2.45) is 16.8 Å². The number of aliphatic carboxylic acids is 1. The minimum atomic E-state index is -0.802. The van der Waals surface area contributed by atoms with Gasteiger partial charge >= 0.3 is 5.97 Å². The molecule has 2 aliphatic carbocycles. The number of nitrogens with zero attached hydrogens (tertiary/aromatic N) is 1. The molecule has 0 radical (unpaired) electrons. The first-order chi connectivity index (χ1) is 8.66. The molecule has 0 aromatic carbocycles. The molecule has 0 saturated carbocycles. The van der Waals surface area contributed by atoms with Crippen molar-refractivity contribution in [1.29, 1.82) is 0 Å². The van der Waals surface area contributed by atoms with E-state index in [-0.39, 0.29) is 6.04 Å². The summed E-state index contributed by atoms with van der Waals surface area (Å²) in [6.07, 6.45) is 9.55. The maximum atomic E-state index is 11.3. The Morgan fingerprint density at radius 3 is 2.94 bits per heavy atom. The smallest absolute Gasteiger partial charge is 0.312 e. The maximum absolute atomic E-state index is 11.3. The zero-order valence-electron chi connectivity index (χ0n) is 10.3. The van der Waals surface area contributed by atoms with Gasteiger partial charge in [-0.25, -0.2) is 0 Å². The second-order valence-corrected chi connectivity index (χ2v) is 5.10. The number of carboxylic acid groups (broad SMARTS) is 1. The molecule has 0 aromatic rings. The third-order valence-corrected chi connectivity index (χ3v) is 3.81. The zero-order chi connectivity index (χ0) is 12.7. The number of carboxylic acids is 1. The maximum Gasteiger partial charge on any atom is 0.312 e. The Labute approximate surface area is 106 Å². The molecule has 18 heavy (non-hydrogen) atoms. The number of hydrogen-bond acceptors (Lipinski definition) is 3. The van der Waals surface area contributed by atoms with Crippen molar-refractivity contribution in [2.75, 3.05) is 0 Å². The van der Waals surface area contributed by atoms with E-state index in [0.29, 0.717) is 18.0 Å². The summed E-state index contributed by atoms with van der Waals surface area (Å²) >= 11 is 0. The van der Waals surface area contributed by atoms with Crippen LogP contribution in [-0.4, -0.2) is 22.8 Å². The normalized spacial score (nSPS) is 33.4. The topological polar surface area (TPSA) is 61.7 Å². The molecule has 0 spiro atoms. The van der Waals surface area contributed by atoms with E-state index < -0.39 is 11.9 Å². The first kappa shape index (κ1) is 11.3. The van der Waals surface area contributed by atoms with Crippen LogP contribution in [0.1, 0.15) is 19.8 Å². The van der Waals surface area contributed by atoms with Crippen LogP contribution in [0.3, 0.4) is 0 Å². The van der Waals surface area contributed by atoms with Crippen LogP contribution in [-0.2, 0) is 4.79 Å². The number of aliphatic imine (C=N–C) groups is 1. The Hall–Kier alpha value is -1.84. The highest BCUT2D eigenvalue weighted by atomic mass is 16.4. The van der Waals surface area contributed by atoms with Gasteiger partial charge in [0.05, 0.1) is 23.1 Å². The van der Waals surface area contributed by atoms with E-state index in [1.165, 1.54) is 0 Å². The lowest BCUT2D eigenvalue weighted by Gasteiger charge is -2.35. The highest BCUT2D eigenvalue weighted by Crippen LogP contribution is 2.31. The van der Waals surface area contributed by atoms with Gasteiger partial charge in [0, 0.05) is 0 Å². The summed E-state index contributed by atoms with van der Waals surface area (Å²) < 4.78 is 0. The van der Waals surface area contributed by atoms with Crippen molar-refractivity contribution in [3.05, 3.63) is 35.7 Å². The molecule has 0 aromatic heterocycles. The Morgan fingerprint density at radius 2 is 2.17 bits per heavy atom. The summed E-state index contributed by atoms with van der Waals surface area (Å²) in [4.78, 5) is 15.8. The fourth-order valence-corrected chi connectivity index (χ4v) is 2.75. The average molecular weight is 244 g/mol. The summed E-state index contributed by atoms with van der Waals surface area (Å²) in [6, 6.07) is 0.214. The standard InChI is InChI=1S/C14H16N2O2/c1-8-4-2-6-10-12(8)15-11-7-3-5-9(14(17)18)13(11)16-10/h2-3,6-9,12,15H,4-5H2,1H3,(H,17,18)/t8-,9-,12+/m1/s1. The van der Waals surface area contributed by atoms with E-state index in [9.17, 15) is 9.90 Å². The summed E-state index contributed by atoms with van der Waals surface area (Å²) in [5.41, 5.74) is 2.52.